The second-order valence-electron chi connectivity index (χ2n) is 5.82. The number of benzene rings is 1. The van der Waals surface area contributed by atoms with Gasteiger partial charge in [0.2, 0.25) is 11.8 Å². The molecular formula is C17H18N4O3. The lowest BCUT2D eigenvalue weighted by atomic mass is 10.1. The molecule has 3 amide bonds. The van der Waals surface area contributed by atoms with Crippen LogP contribution in [-0.2, 0) is 23.1 Å². The zero-order chi connectivity index (χ0) is 17.4. The Kier molecular flexibility index (Phi) is 3.84. The summed E-state index contributed by atoms with van der Waals surface area (Å²) in [4.78, 5) is 37.5. The lowest BCUT2D eigenvalue weighted by Crippen LogP contribution is -2.44. The molecule has 0 aliphatic carbocycles. The maximum Gasteiger partial charge on any atom is 0.265 e. The van der Waals surface area contributed by atoms with Crippen molar-refractivity contribution in [3.05, 3.63) is 47.8 Å². The van der Waals surface area contributed by atoms with E-state index in [0.29, 0.717) is 17.8 Å². The number of aromatic nitrogens is 1. The predicted octanol–water partition coefficient (Wildman–Crippen LogP) is 1.04. The number of hydrogen-bond acceptors (Lipinski definition) is 3. The van der Waals surface area contributed by atoms with Gasteiger partial charge in [-0.15, -0.1) is 0 Å². The zero-order valence-electron chi connectivity index (χ0n) is 13.4. The molecule has 2 heterocycles. The van der Waals surface area contributed by atoms with Crippen molar-refractivity contribution in [1.29, 1.82) is 0 Å². The van der Waals surface area contributed by atoms with Crippen LogP contribution < -0.4 is 16.0 Å². The van der Waals surface area contributed by atoms with E-state index in [-0.39, 0.29) is 11.8 Å². The summed E-state index contributed by atoms with van der Waals surface area (Å²) >= 11 is 0. The third kappa shape index (κ3) is 2.64. The van der Waals surface area contributed by atoms with Crippen molar-refractivity contribution < 1.29 is 14.4 Å². The lowest BCUT2D eigenvalue weighted by Gasteiger charge is -2.23. The van der Waals surface area contributed by atoms with Crippen LogP contribution in [-0.4, -0.2) is 28.3 Å². The number of nitrogens with zero attached hydrogens (tertiary/aromatic N) is 2. The zero-order valence-corrected chi connectivity index (χ0v) is 13.4. The molecule has 24 heavy (non-hydrogen) atoms. The van der Waals surface area contributed by atoms with Gasteiger partial charge in [-0.3, -0.25) is 19.3 Å². The minimum atomic E-state index is -0.614. The fourth-order valence-corrected chi connectivity index (χ4v) is 3.09. The number of nitrogens with one attached hydrogen (secondary N) is 1. The molecule has 0 unspecified atom stereocenters. The molecule has 0 bridgehead atoms. The number of amides is 3. The molecule has 1 aromatic carbocycles. The van der Waals surface area contributed by atoms with E-state index in [9.17, 15) is 14.4 Å². The van der Waals surface area contributed by atoms with Crippen LogP contribution >= 0.6 is 0 Å². The van der Waals surface area contributed by atoms with Gasteiger partial charge in [0.25, 0.3) is 5.91 Å². The highest BCUT2D eigenvalue weighted by molar-refractivity contribution is 6.07. The van der Waals surface area contributed by atoms with E-state index >= 15 is 0 Å². The maximum atomic E-state index is 12.7. The molecular weight excluding hydrogens is 308 g/mol. The molecule has 3 N–H and O–H groups in total. The van der Waals surface area contributed by atoms with Crippen LogP contribution in [0.1, 0.15) is 23.0 Å². The highest BCUT2D eigenvalue weighted by Crippen LogP contribution is 2.32. The standard InChI is InChI=1S/C17H18N4O3/c1-10(22)21-13-6-4-3-5-11(13)7-15(21)17(24)19-12-8-14(16(18)23)20(2)9-12/h3-6,8-9,15H,7H2,1-2H3,(H2,18,23)(H,19,24)/t15-/m0/s1. The van der Waals surface area contributed by atoms with Crippen LogP contribution in [0.15, 0.2) is 36.5 Å². The SMILES string of the molecule is CC(=O)N1c2ccccc2C[C@H]1C(=O)Nc1cc(C(N)=O)n(C)c1. The molecule has 0 fully saturated rings. The number of anilines is 2. The van der Waals surface area contributed by atoms with Crippen LogP contribution in [0.25, 0.3) is 0 Å². The van der Waals surface area contributed by atoms with Crippen molar-refractivity contribution in [2.45, 2.75) is 19.4 Å². The van der Waals surface area contributed by atoms with Crippen molar-refractivity contribution in [2.24, 2.45) is 12.8 Å². The molecule has 0 radical (unpaired) electrons. The molecule has 0 spiro atoms. The second-order valence-corrected chi connectivity index (χ2v) is 5.82. The molecule has 2 aromatic rings. The van der Waals surface area contributed by atoms with Gasteiger partial charge in [-0.2, -0.15) is 0 Å². The van der Waals surface area contributed by atoms with Gasteiger partial charge in [0.1, 0.15) is 11.7 Å². The van der Waals surface area contributed by atoms with Gasteiger partial charge < -0.3 is 15.6 Å². The molecule has 1 aromatic heterocycles. The molecule has 0 saturated heterocycles. The summed E-state index contributed by atoms with van der Waals surface area (Å²) in [7, 11) is 1.67. The Balaban J connectivity index is 1.84. The Labute approximate surface area is 139 Å². The van der Waals surface area contributed by atoms with E-state index in [1.54, 1.807) is 17.8 Å². The van der Waals surface area contributed by atoms with E-state index in [1.165, 1.54) is 17.9 Å². The van der Waals surface area contributed by atoms with Crippen molar-refractivity contribution in [3.63, 3.8) is 0 Å². The first-order valence-electron chi connectivity index (χ1n) is 7.53. The summed E-state index contributed by atoms with van der Waals surface area (Å²) in [6, 6.07) is 8.36. The topological polar surface area (TPSA) is 97.4 Å². The number of carbonyl (C=O) groups is 3. The van der Waals surface area contributed by atoms with E-state index in [2.05, 4.69) is 5.32 Å². The van der Waals surface area contributed by atoms with Crippen LogP contribution in [0.2, 0.25) is 0 Å². The number of rotatable bonds is 3. The van der Waals surface area contributed by atoms with Crippen LogP contribution in [0.3, 0.4) is 0 Å². The number of carbonyl (C=O) groups excluding carboxylic acids is 3. The van der Waals surface area contributed by atoms with Crippen LogP contribution in [0.5, 0.6) is 0 Å². The normalized spacial score (nSPS) is 15.9. The van der Waals surface area contributed by atoms with Gasteiger partial charge in [0.15, 0.2) is 0 Å². The molecule has 7 nitrogen and oxygen atoms in total. The summed E-state index contributed by atoms with van der Waals surface area (Å²) < 4.78 is 1.55. The molecule has 124 valence electrons. The average molecular weight is 326 g/mol. The van der Waals surface area contributed by atoms with Gasteiger partial charge in [0.05, 0.1) is 5.69 Å². The largest absolute Gasteiger partial charge is 0.364 e. The maximum absolute atomic E-state index is 12.7. The Morgan fingerprint density at radius 1 is 1.25 bits per heavy atom. The number of aryl methyl sites for hydroxylation is 1. The number of fused-ring (bicyclic) bond motifs is 1. The van der Waals surface area contributed by atoms with Crippen LogP contribution in [0, 0.1) is 0 Å². The lowest BCUT2D eigenvalue weighted by molar-refractivity contribution is -0.122. The fourth-order valence-electron chi connectivity index (χ4n) is 3.09. The Bertz CT molecular complexity index is 840. The fraction of sp³-hybridized carbons (Fsp3) is 0.235. The summed E-state index contributed by atoms with van der Waals surface area (Å²) in [5.41, 5.74) is 7.76. The average Bonchev–Trinajstić information content (AvgIpc) is 3.07. The van der Waals surface area contributed by atoms with E-state index in [0.717, 1.165) is 11.3 Å². The minimum absolute atomic E-state index is 0.189. The predicted molar refractivity (Wildman–Crippen MR) is 89.7 cm³/mol. The molecule has 1 atom stereocenters. The molecule has 3 rings (SSSR count). The third-order valence-corrected chi connectivity index (χ3v) is 4.14. The molecule has 1 aliphatic heterocycles. The summed E-state index contributed by atoms with van der Waals surface area (Å²) in [5.74, 6) is -1.06. The van der Waals surface area contributed by atoms with E-state index in [1.807, 2.05) is 24.3 Å². The van der Waals surface area contributed by atoms with Crippen molar-refractivity contribution >= 4 is 29.1 Å². The first-order valence-corrected chi connectivity index (χ1v) is 7.53. The smallest absolute Gasteiger partial charge is 0.265 e. The van der Waals surface area contributed by atoms with Crippen molar-refractivity contribution in [1.82, 2.24) is 4.57 Å². The highest BCUT2D eigenvalue weighted by Gasteiger charge is 2.36. The number of primary amides is 1. The van der Waals surface area contributed by atoms with Gasteiger partial charge in [-0.05, 0) is 17.7 Å². The molecule has 1 aliphatic rings. The number of hydrogen-bond donors (Lipinski definition) is 2. The van der Waals surface area contributed by atoms with Crippen LogP contribution in [0.4, 0.5) is 11.4 Å². The molecule has 0 saturated carbocycles. The Morgan fingerprint density at radius 3 is 2.58 bits per heavy atom. The number of para-hydroxylation sites is 1. The van der Waals surface area contributed by atoms with E-state index < -0.39 is 11.9 Å². The van der Waals surface area contributed by atoms with Gasteiger partial charge in [0, 0.05) is 32.3 Å². The highest BCUT2D eigenvalue weighted by atomic mass is 16.2. The first kappa shape index (κ1) is 15.8. The van der Waals surface area contributed by atoms with Crippen molar-refractivity contribution in [3.8, 4) is 0 Å². The first-order chi connectivity index (χ1) is 11.4. The molecule has 7 heteroatoms. The summed E-state index contributed by atoms with van der Waals surface area (Å²) in [5, 5.41) is 2.76. The third-order valence-electron chi connectivity index (χ3n) is 4.14. The van der Waals surface area contributed by atoms with Gasteiger partial charge in [-0.25, -0.2) is 0 Å². The van der Waals surface area contributed by atoms with Gasteiger partial charge >= 0.3 is 0 Å². The quantitative estimate of drug-likeness (QED) is 0.882. The minimum Gasteiger partial charge on any atom is -0.364 e. The Hall–Kier alpha value is -3.09. The summed E-state index contributed by atoms with van der Waals surface area (Å²) in [6.45, 7) is 1.44. The van der Waals surface area contributed by atoms with Gasteiger partial charge in [-0.1, -0.05) is 18.2 Å². The second kappa shape index (κ2) is 5.84. The Morgan fingerprint density at radius 2 is 1.96 bits per heavy atom. The van der Waals surface area contributed by atoms with Crippen molar-refractivity contribution in [2.75, 3.05) is 10.2 Å². The summed E-state index contributed by atoms with van der Waals surface area (Å²) in [6.07, 6.45) is 2.06. The van der Waals surface area contributed by atoms with E-state index in [4.69, 9.17) is 5.73 Å². The monoisotopic (exact) mass is 326 g/mol. The number of nitrogens with two attached hydrogens (primary N) is 1.